The molecule has 1 atom stereocenters. The number of hydrogen-bond donors (Lipinski definition) is 2. The van der Waals surface area contributed by atoms with Gasteiger partial charge < -0.3 is 10.6 Å². The molecule has 0 radical (unpaired) electrons. The SMILES string of the molecule is CC(Nc1ccnc(NCCc2ccc(Cl)cc2Cl)n1)c1ccccc1. The Bertz CT molecular complexity index is 855. The molecule has 1 heterocycles. The number of nitrogens with one attached hydrogen (secondary N) is 2. The third-order valence-electron chi connectivity index (χ3n) is 4.01. The van der Waals surface area contributed by atoms with Crippen LogP contribution in [0.4, 0.5) is 11.8 Å². The van der Waals surface area contributed by atoms with Crippen LogP contribution < -0.4 is 10.6 Å². The molecule has 0 amide bonds. The predicted octanol–water partition coefficient (Wildman–Crippen LogP) is 5.61. The lowest BCUT2D eigenvalue weighted by Crippen LogP contribution is -2.11. The van der Waals surface area contributed by atoms with E-state index < -0.39 is 0 Å². The van der Waals surface area contributed by atoms with Crippen molar-refractivity contribution in [1.29, 1.82) is 0 Å². The summed E-state index contributed by atoms with van der Waals surface area (Å²) in [6.45, 7) is 2.78. The van der Waals surface area contributed by atoms with E-state index in [0.29, 0.717) is 22.5 Å². The highest BCUT2D eigenvalue weighted by Crippen LogP contribution is 2.21. The third-order valence-corrected chi connectivity index (χ3v) is 4.60. The lowest BCUT2D eigenvalue weighted by molar-refractivity contribution is 0.870. The van der Waals surface area contributed by atoms with Gasteiger partial charge in [0, 0.05) is 28.8 Å². The van der Waals surface area contributed by atoms with Crippen LogP contribution in [0, 0.1) is 0 Å². The molecule has 2 N–H and O–H groups in total. The molecule has 0 aliphatic rings. The summed E-state index contributed by atoms with van der Waals surface area (Å²) in [7, 11) is 0. The highest BCUT2D eigenvalue weighted by atomic mass is 35.5. The molecular weight excluding hydrogens is 367 g/mol. The molecule has 26 heavy (non-hydrogen) atoms. The van der Waals surface area contributed by atoms with Crippen LogP contribution in [0.2, 0.25) is 10.0 Å². The average Bonchev–Trinajstić information content (AvgIpc) is 2.64. The van der Waals surface area contributed by atoms with Crippen molar-refractivity contribution < 1.29 is 0 Å². The summed E-state index contributed by atoms with van der Waals surface area (Å²) in [6, 6.07) is 17.8. The van der Waals surface area contributed by atoms with Crippen LogP contribution in [0.1, 0.15) is 24.1 Å². The van der Waals surface area contributed by atoms with E-state index in [4.69, 9.17) is 23.2 Å². The van der Waals surface area contributed by atoms with Crippen molar-refractivity contribution >= 4 is 35.0 Å². The molecule has 0 saturated carbocycles. The second kappa shape index (κ2) is 8.88. The summed E-state index contributed by atoms with van der Waals surface area (Å²) in [6.07, 6.45) is 2.50. The van der Waals surface area contributed by atoms with Gasteiger partial charge in [-0.05, 0) is 42.7 Å². The summed E-state index contributed by atoms with van der Waals surface area (Å²) < 4.78 is 0. The zero-order chi connectivity index (χ0) is 18.4. The Kier molecular flexibility index (Phi) is 6.31. The summed E-state index contributed by atoms with van der Waals surface area (Å²) >= 11 is 12.1. The molecule has 6 heteroatoms. The second-order valence-corrected chi connectivity index (χ2v) is 6.80. The maximum Gasteiger partial charge on any atom is 0.224 e. The van der Waals surface area contributed by atoms with Gasteiger partial charge in [-0.1, -0.05) is 59.6 Å². The number of nitrogens with zero attached hydrogens (tertiary/aromatic N) is 2. The van der Waals surface area contributed by atoms with Gasteiger partial charge in [-0.2, -0.15) is 4.98 Å². The summed E-state index contributed by atoms with van der Waals surface area (Å²) in [5, 5.41) is 7.94. The van der Waals surface area contributed by atoms with E-state index in [1.54, 1.807) is 12.3 Å². The van der Waals surface area contributed by atoms with Crippen molar-refractivity contribution in [2.45, 2.75) is 19.4 Å². The molecule has 1 aromatic heterocycles. The molecule has 3 rings (SSSR count). The lowest BCUT2D eigenvalue weighted by Gasteiger charge is -2.15. The minimum Gasteiger partial charge on any atom is -0.363 e. The van der Waals surface area contributed by atoms with Gasteiger partial charge in [0.05, 0.1) is 0 Å². The Labute approximate surface area is 163 Å². The van der Waals surface area contributed by atoms with E-state index in [1.807, 2.05) is 36.4 Å². The van der Waals surface area contributed by atoms with Crippen LogP contribution in [-0.2, 0) is 6.42 Å². The molecule has 0 aliphatic carbocycles. The smallest absolute Gasteiger partial charge is 0.224 e. The maximum absolute atomic E-state index is 6.20. The van der Waals surface area contributed by atoms with Crippen molar-refractivity contribution in [3.63, 3.8) is 0 Å². The summed E-state index contributed by atoms with van der Waals surface area (Å²) in [4.78, 5) is 8.79. The summed E-state index contributed by atoms with van der Waals surface area (Å²) in [5.41, 5.74) is 2.24. The van der Waals surface area contributed by atoms with Crippen LogP contribution in [0.25, 0.3) is 0 Å². The Morgan fingerprint density at radius 1 is 1.04 bits per heavy atom. The Balaban J connectivity index is 1.57. The van der Waals surface area contributed by atoms with E-state index in [1.165, 1.54) is 5.56 Å². The number of aromatic nitrogens is 2. The van der Waals surface area contributed by atoms with Crippen molar-refractivity contribution in [2.75, 3.05) is 17.2 Å². The van der Waals surface area contributed by atoms with Gasteiger partial charge in [-0.15, -0.1) is 0 Å². The highest BCUT2D eigenvalue weighted by molar-refractivity contribution is 6.35. The fourth-order valence-corrected chi connectivity index (χ4v) is 3.11. The first-order valence-electron chi connectivity index (χ1n) is 8.44. The second-order valence-electron chi connectivity index (χ2n) is 5.95. The normalized spacial score (nSPS) is 11.8. The van der Waals surface area contributed by atoms with Crippen LogP contribution >= 0.6 is 23.2 Å². The minimum atomic E-state index is 0.159. The fourth-order valence-electron chi connectivity index (χ4n) is 2.60. The van der Waals surface area contributed by atoms with Gasteiger partial charge in [0.15, 0.2) is 0 Å². The van der Waals surface area contributed by atoms with E-state index in [0.717, 1.165) is 17.8 Å². The zero-order valence-electron chi connectivity index (χ0n) is 14.4. The maximum atomic E-state index is 6.20. The quantitative estimate of drug-likeness (QED) is 0.553. The van der Waals surface area contributed by atoms with Gasteiger partial charge in [-0.25, -0.2) is 4.98 Å². The van der Waals surface area contributed by atoms with Crippen molar-refractivity contribution in [3.8, 4) is 0 Å². The number of anilines is 2. The first kappa shape index (κ1) is 18.5. The van der Waals surface area contributed by atoms with Gasteiger partial charge in [0.25, 0.3) is 0 Å². The van der Waals surface area contributed by atoms with E-state index in [-0.39, 0.29) is 6.04 Å². The molecule has 1 unspecified atom stereocenters. The number of hydrogen-bond acceptors (Lipinski definition) is 4. The number of rotatable bonds is 7. The Hall–Kier alpha value is -2.30. The first-order valence-corrected chi connectivity index (χ1v) is 9.20. The van der Waals surface area contributed by atoms with Gasteiger partial charge in [-0.3, -0.25) is 0 Å². The molecule has 4 nitrogen and oxygen atoms in total. The standard InChI is InChI=1S/C20H20Cl2N4/c1-14(15-5-3-2-4-6-15)25-19-10-12-24-20(26-19)23-11-9-16-7-8-17(21)13-18(16)22/h2-8,10,12-14H,9,11H2,1H3,(H2,23,24,25,26). The summed E-state index contributed by atoms with van der Waals surface area (Å²) in [5.74, 6) is 1.36. The molecule has 0 aliphatic heterocycles. The monoisotopic (exact) mass is 386 g/mol. The molecule has 134 valence electrons. The molecule has 0 saturated heterocycles. The largest absolute Gasteiger partial charge is 0.363 e. The van der Waals surface area contributed by atoms with Crippen LogP contribution in [-0.4, -0.2) is 16.5 Å². The van der Waals surface area contributed by atoms with Gasteiger partial charge >= 0.3 is 0 Å². The average molecular weight is 387 g/mol. The third kappa shape index (κ3) is 5.10. The van der Waals surface area contributed by atoms with Crippen LogP contribution in [0.15, 0.2) is 60.8 Å². The minimum absolute atomic E-state index is 0.159. The molecule has 3 aromatic rings. The van der Waals surface area contributed by atoms with E-state index in [2.05, 4.69) is 39.7 Å². The predicted molar refractivity (Wildman–Crippen MR) is 109 cm³/mol. The van der Waals surface area contributed by atoms with Crippen molar-refractivity contribution in [3.05, 3.63) is 82.0 Å². The molecule has 0 fully saturated rings. The topological polar surface area (TPSA) is 49.8 Å². The van der Waals surface area contributed by atoms with Gasteiger partial charge in [0.1, 0.15) is 5.82 Å². The number of benzene rings is 2. The Morgan fingerprint density at radius 2 is 1.85 bits per heavy atom. The molecule has 2 aromatic carbocycles. The van der Waals surface area contributed by atoms with E-state index in [9.17, 15) is 0 Å². The van der Waals surface area contributed by atoms with Crippen LogP contribution in [0.5, 0.6) is 0 Å². The fraction of sp³-hybridized carbons (Fsp3) is 0.200. The first-order chi connectivity index (χ1) is 12.6. The van der Waals surface area contributed by atoms with Crippen LogP contribution in [0.3, 0.4) is 0 Å². The Morgan fingerprint density at radius 3 is 2.62 bits per heavy atom. The van der Waals surface area contributed by atoms with Crippen molar-refractivity contribution in [2.24, 2.45) is 0 Å². The lowest BCUT2D eigenvalue weighted by atomic mass is 10.1. The molecular formula is C20H20Cl2N4. The van der Waals surface area contributed by atoms with Gasteiger partial charge in [0.2, 0.25) is 5.95 Å². The molecule has 0 bridgehead atoms. The zero-order valence-corrected chi connectivity index (χ0v) is 15.9. The van der Waals surface area contributed by atoms with E-state index >= 15 is 0 Å². The van der Waals surface area contributed by atoms with Crippen molar-refractivity contribution in [1.82, 2.24) is 9.97 Å². The number of halogens is 2. The highest BCUT2D eigenvalue weighted by Gasteiger charge is 2.07. The molecule has 0 spiro atoms.